The summed E-state index contributed by atoms with van der Waals surface area (Å²) in [5.74, 6) is 0.169. The minimum absolute atomic E-state index is 0.0260. The van der Waals surface area contributed by atoms with E-state index in [2.05, 4.69) is 20.5 Å². The number of nitrogens with one attached hydrogen (secondary N) is 3. The van der Waals surface area contributed by atoms with Gasteiger partial charge in [0.25, 0.3) is 11.5 Å². The molecule has 0 saturated carbocycles. The van der Waals surface area contributed by atoms with Gasteiger partial charge in [0.2, 0.25) is 21.9 Å². The maximum absolute atomic E-state index is 13.5. The Bertz CT molecular complexity index is 1790. The summed E-state index contributed by atoms with van der Waals surface area (Å²) in [4.78, 5) is 37.2. The van der Waals surface area contributed by atoms with Gasteiger partial charge in [0, 0.05) is 31.6 Å². The lowest BCUT2D eigenvalue weighted by molar-refractivity contribution is 0.0977. The number of benzene rings is 1. The molecule has 0 radical (unpaired) electrons. The molecular formula is C26H29ClN8O5S. The van der Waals surface area contributed by atoms with Gasteiger partial charge in [-0.25, -0.2) is 28.2 Å². The fourth-order valence-electron chi connectivity index (χ4n) is 4.90. The van der Waals surface area contributed by atoms with Gasteiger partial charge >= 0.3 is 0 Å². The third-order valence-electron chi connectivity index (χ3n) is 6.72. The van der Waals surface area contributed by atoms with Crippen molar-refractivity contribution >= 4 is 50.1 Å². The minimum atomic E-state index is -3.83. The molecule has 1 fully saturated rings. The average molecular weight is 601 g/mol. The van der Waals surface area contributed by atoms with Gasteiger partial charge in [-0.15, -0.1) is 0 Å². The fraction of sp³-hybridized carbons (Fsp3) is 0.346. The van der Waals surface area contributed by atoms with Crippen molar-refractivity contribution < 1.29 is 17.9 Å². The topological polar surface area (TPSA) is 164 Å². The van der Waals surface area contributed by atoms with E-state index in [1.165, 1.54) is 6.07 Å². The van der Waals surface area contributed by atoms with E-state index in [1.54, 1.807) is 36.0 Å². The van der Waals surface area contributed by atoms with Gasteiger partial charge in [0.05, 0.1) is 41.6 Å². The number of carbonyl (C=O) groups excluding carboxylic acids is 1. The molecule has 3 N–H and O–H groups in total. The van der Waals surface area contributed by atoms with Crippen molar-refractivity contribution in [2.75, 3.05) is 29.6 Å². The number of H-pyrrole nitrogens is 1. The number of rotatable bonds is 8. The molecule has 0 bridgehead atoms. The van der Waals surface area contributed by atoms with Crippen LogP contribution in [0.15, 0.2) is 41.3 Å². The normalized spacial score (nSPS) is 16.1. The Morgan fingerprint density at radius 1 is 1.24 bits per heavy atom. The van der Waals surface area contributed by atoms with Gasteiger partial charge in [0.15, 0.2) is 5.69 Å². The first-order valence-corrected chi connectivity index (χ1v) is 15.0. The largest absolute Gasteiger partial charge is 0.473 e. The van der Waals surface area contributed by atoms with Crippen LogP contribution in [0.25, 0.3) is 10.9 Å². The molecule has 41 heavy (non-hydrogen) atoms. The quantitative estimate of drug-likeness (QED) is 0.256. The van der Waals surface area contributed by atoms with Gasteiger partial charge in [-0.05, 0) is 37.6 Å². The molecule has 4 heterocycles. The van der Waals surface area contributed by atoms with Crippen molar-refractivity contribution in [3.8, 4) is 5.88 Å². The van der Waals surface area contributed by atoms with Gasteiger partial charge < -0.3 is 15.0 Å². The first-order chi connectivity index (χ1) is 19.4. The smallest absolute Gasteiger partial charge is 0.285 e. The molecule has 2 atom stereocenters. The number of anilines is 2. The van der Waals surface area contributed by atoms with E-state index in [9.17, 15) is 18.0 Å². The van der Waals surface area contributed by atoms with E-state index < -0.39 is 22.0 Å². The Balaban J connectivity index is 1.50. The van der Waals surface area contributed by atoms with Crippen LogP contribution in [0.2, 0.25) is 5.15 Å². The molecule has 216 valence electrons. The minimum Gasteiger partial charge on any atom is -0.473 e. The number of amides is 1. The van der Waals surface area contributed by atoms with Crippen molar-refractivity contribution in [2.45, 2.75) is 32.4 Å². The highest BCUT2D eigenvalue weighted by Gasteiger charge is 2.28. The molecule has 15 heteroatoms. The Kier molecular flexibility index (Phi) is 7.62. The van der Waals surface area contributed by atoms with Gasteiger partial charge in [-0.1, -0.05) is 17.7 Å². The molecule has 4 aromatic rings. The third-order valence-corrected chi connectivity index (χ3v) is 7.49. The van der Waals surface area contributed by atoms with Crippen molar-refractivity contribution in [3.05, 3.63) is 68.9 Å². The number of halogens is 1. The van der Waals surface area contributed by atoms with Crippen molar-refractivity contribution in [3.63, 3.8) is 0 Å². The SMILES string of the molecule is Cc1cc([C@@H](C)Nc2ccc(Cl)nc2C(=O)NS(C)(=O)=O)c2nc(N3CC[C@H](Oc4ccn[nH]4)C3)n(C)c(=O)c2c1. The number of pyridine rings is 1. The third kappa shape index (κ3) is 6.12. The summed E-state index contributed by atoms with van der Waals surface area (Å²) in [5.41, 5.74) is 1.97. The molecule has 1 amide bonds. The first-order valence-electron chi connectivity index (χ1n) is 12.8. The summed E-state index contributed by atoms with van der Waals surface area (Å²) in [6.45, 7) is 4.92. The standard InChI is InChI=1S/C26H29ClN8O5S/c1-14-11-17(15(2)29-19-5-6-20(27)30-23(19)24(36)33-41(4,38)39)22-18(12-14)25(37)34(3)26(31-22)35-10-8-16(13-35)40-21-7-9-28-32-21/h5-7,9,11-12,15-16,29H,8,10,13H2,1-4H3,(H,28,32)(H,33,36)/t15-,16+/m1/s1. The summed E-state index contributed by atoms with van der Waals surface area (Å²) >= 11 is 6.01. The molecule has 1 aliphatic rings. The Labute approximate surface area is 240 Å². The zero-order valence-electron chi connectivity index (χ0n) is 22.8. The number of sulfonamides is 1. The fourth-order valence-corrected chi connectivity index (χ4v) is 5.48. The molecule has 0 aliphatic carbocycles. The number of aryl methyl sites for hydroxylation is 1. The number of ether oxygens (including phenoxy) is 1. The lowest BCUT2D eigenvalue weighted by Gasteiger charge is -2.23. The second-order valence-electron chi connectivity index (χ2n) is 10.0. The second kappa shape index (κ2) is 11.0. The average Bonchev–Trinajstić information content (AvgIpc) is 3.58. The van der Waals surface area contributed by atoms with Gasteiger partial charge in [-0.3, -0.25) is 14.2 Å². The molecule has 1 aromatic carbocycles. The summed E-state index contributed by atoms with van der Waals surface area (Å²) < 4.78 is 32.8. The van der Waals surface area contributed by atoms with Crippen LogP contribution < -0.4 is 25.2 Å². The summed E-state index contributed by atoms with van der Waals surface area (Å²) in [5, 5.41) is 10.4. The highest BCUT2D eigenvalue weighted by atomic mass is 35.5. The highest BCUT2D eigenvalue weighted by molar-refractivity contribution is 7.89. The van der Waals surface area contributed by atoms with Crippen molar-refractivity contribution in [1.29, 1.82) is 0 Å². The second-order valence-corrected chi connectivity index (χ2v) is 12.2. The van der Waals surface area contributed by atoms with E-state index in [0.717, 1.165) is 18.2 Å². The molecule has 3 aromatic heterocycles. The van der Waals surface area contributed by atoms with Crippen LogP contribution >= 0.6 is 11.6 Å². The molecule has 1 aliphatic heterocycles. The number of aromatic nitrogens is 5. The maximum atomic E-state index is 13.5. The van der Waals surface area contributed by atoms with E-state index in [0.29, 0.717) is 41.4 Å². The molecule has 0 spiro atoms. The zero-order valence-corrected chi connectivity index (χ0v) is 24.4. The van der Waals surface area contributed by atoms with E-state index in [1.807, 2.05) is 29.5 Å². The number of carbonyl (C=O) groups is 1. The van der Waals surface area contributed by atoms with E-state index in [4.69, 9.17) is 21.3 Å². The number of aromatic amines is 1. The van der Waals surface area contributed by atoms with Crippen molar-refractivity contribution in [1.82, 2.24) is 29.5 Å². The lowest BCUT2D eigenvalue weighted by atomic mass is 10.0. The Morgan fingerprint density at radius 2 is 2.02 bits per heavy atom. The summed E-state index contributed by atoms with van der Waals surface area (Å²) in [7, 11) is -2.14. The number of nitrogens with zero attached hydrogens (tertiary/aromatic N) is 5. The molecule has 1 saturated heterocycles. The van der Waals surface area contributed by atoms with Crippen molar-refractivity contribution in [2.24, 2.45) is 7.05 Å². The Morgan fingerprint density at radius 3 is 2.73 bits per heavy atom. The van der Waals surface area contributed by atoms with Crippen LogP contribution in [0.3, 0.4) is 0 Å². The molecule has 5 rings (SSSR count). The van der Waals surface area contributed by atoms with Gasteiger partial charge in [-0.2, -0.15) is 5.10 Å². The monoisotopic (exact) mass is 600 g/mol. The van der Waals surface area contributed by atoms with Crippen LogP contribution in [0, 0.1) is 6.92 Å². The number of hydrogen-bond acceptors (Lipinski definition) is 10. The number of fused-ring (bicyclic) bond motifs is 1. The van der Waals surface area contributed by atoms with Crippen LogP contribution in [-0.2, 0) is 17.1 Å². The van der Waals surface area contributed by atoms with Gasteiger partial charge in [0.1, 0.15) is 11.3 Å². The maximum Gasteiger partial charge on any atom is 0.285 e. The molecule has 13 nitrogen and oxygen atoms in total. The van der Waals surface area contributed by atoms with Crippen LogP contribution in [0.5, 0.6) is 5.88 Å². The van der Waals surface area contributed by atoms with Crippen LogP contribution in [0.1, 0.15) is 41.0 Å². The van der Waals surface area contributed by atoms with E-state index >= 15 is 0 Å². The molecular weight excluding hydrogens is 572 g/mol. The lowest BCUT2D eigenvalue weighted by Crippen LogP contribution is -2.32. The first kappa shape index (κ1) is 28.4. The summed E-state index contributed by atoms with van der Waals surface area (Å²) in [6.07, 6.45) is 3.14. The van der Waals surface area contributed by atoms with E-state index in [-0.39, 0.29) is 28.2 Å². The van der Waals surface area contributed by atoms with Crippen LogP contribution in [0.4, 0.5) is 11.6 Å². The zero-order chi connectivity index (χ0) is 29.5. The summed E-state index contributed by atoms with van der Waals surface area (Å²) in [6, 6.07) is 8.04. The molecule has 0 unspecified atom stereocenters. The van der Waals surface area contributed by atoms with Crippen LogP contribution in [-0.4, -0.2) is 64.5 Å². The highest BCUT2D eigenvalue weighted by Crippen LogP contribution is 2.30. The Hall–Kier alpha value is -4.17. The predicted molar refractivity (Wildman–Crippen MR) is 155 cm³/mol. The number of hydrogen-bond donors (Lipinski definition) is 3. The predicted octanol–water partition coefficient (Wildman–Crippen LogP) is 2.53.